The van der Waals surface area contributed by atoms with Gasteiger partial charge in [0, 0.05) is 43.2 Å². The Morgan fingerprint density at radius 3 is 2.46 bits per heavy atom. The summed E-state index contributed by atoms with van der Waals surface area (Å²) in [5.41, 5.74) is 3.47. The number of sulfonamides is 1. The first kappa shape index (κ1) is 31.6. The second-order valence-corrected chi connectivity index (χ2v) is 15.3. The summed E-state index contributed by atoms with van der Waals surface area (Å²) < 4.78 is 42.4. The van der Waals surface area contributed by atoms with E-state index < -0.39 is 27.9 Å². The van der Waals surface area contributed by atoms with Crippen LogP contribution in [-0.2, 0) is 34.1 Å². The van der Waals surface area contributed by atoms with Crippen molar-refractivity contribution in [1.29, 1.82) is 0 Å². The van der Waals surface area contributed by atoms with Crippen molar-refractivity contribution in [1.82, 2.24) is 9.62 Å². The second-order valence-electron chi connectivity index (χ2n) is 11.4. The first-order valence-corrected chi connectivity index (χ1v) is 16.1. The largest absolute Gasteiger partial charge is 0.481 e. The van der Waals surface area contributed by atoms with Gasteiger partial charge in [-0.3, -0.25) is 4.79 Å². The summed E-state index contributed by atoms with van der Waals surface area (Å²) in [5, 5.41) is 23.1. The number of likely N-dealkylation sites (N-methyl/N-ethyl adjacent to an activating group) is 1. The third-order valence-corrected chi connectivity index (χ3v) is 11.1. The number of aliphatic hydroxyl groups is 1. The molecule has 41 heavy (non-hydrogen) atoms. The number of hydrogen-bond donors (Lipinski definition) is 3. The molecule has 1 atom stereocenters. The Morgan fingerprint density at radius 1 is 1.17 bits per heavy atom. The maximum atomic E-state index is 14.7. The maximum Gasteiger partial charge on any atom is 0.303 e. The predicted molar refractivity (Wildman–Crippen MR) is 161 cm³/mol. The van der Waals surface area contributed by atoms with Crippen LogP contribution < -0.4 is 5.32 Å². The number of hydrogen-bond acceptors (Lipinski definition) is 6. The van der Waals surface area contributed by atoms with Crippen molar-refractivity contribution in [2.24, 2.45) is 5.92 Å². The van der Waals surface area contributed by atoms with Gasteiger partial charge in [0.1, 0.15) is 14.4 Å². The summed E-state index contributed by atoms with van der Waals surface area (Å²) in [5.74, 6) is -1.05. The minimum Gasteiger partial charge on any atom is -0.481 e. The molecule has 1 aromatic heterocycles. The highest BCUT2D eigenvalue weighted by atomic mass is 35.5. The maximum absolute atomic E-state index is 14.7. The number of aliphatic hydroxyl groups excluding tert-OH is 1. The Hall–Kier alpha value is -2.34. The highest BCUT2D eigenvalue weighted by Crippen LogP contribution is 2.40. The molecule has 1 unspecified atom stereocenters. The van der Waals surface area contributed by atoms with E-state index >= 15 is 0 Å². The number of fused-ring (bicyclic) bond motifs is 1. The molecule has 0 radical (unpaired) electrons. The third kappa shape index (κ3) is 7.94. The van der Waals surface area contributed by atoms with Crippen LogP contribution in [0.25, 0.3) is 11.1 Å². The molecule has 0 amide bonds. The van der Waals surface area contributed by atoms with Crippen molar-refractivity contribution in [3.63, 3.8) is 0 Å². The molecular weight excluding hydrogens is 587 g/mol. The number of carboxylic acids is 1. The van der Waals surface area contributed by atoms with E-state index in [4.69, 9.17) is 16.7 Å². The van der Waals surface area contributed by atoms with E-state index in [2.05, 4.69) is 43.4 Å². The number of rotatable bonds is 13. The predicted octanol–water partition coefficient (Wildman–Crippen LogP) is 5.38. The topological polar surface area (TPSA) is 107 Å². The van der Waals surface area contributed by atoms with Crippen molar-refractivity contribution in [2.45, 2.75) is 61.8 Å². The molecule has 1 heterocycles. The number of nitrogens with one attached hydrogen (secondary N) is 1. The average molecular weight is 623 g/mol. The fourth-order valence-corrected chi connectivity index (χ4v) is 8.61. The molecule has 3 aromatic rings. The quantitative estimate of drug-likeness (QED) is 0.236. The van der Waals surface area contributed by atoms with Gasteiger partial charge in [0.15, 0.2) is 0 Å². The number of nitrogens with zero attached hydrogens (tertiary/aromatic N) is 1. The molecule has 0 aliphatic heterocycles. The molecule has 0 saturated carbocycles. The van der Waals surface area contributed by atoms with E-state index in [1.165, 1.54) is 42.4 Å². The van der Waals surface area contributed by atoms with Crippen molar-refractivity contribution < 1.29 is 27.8 Å². The smallest absolute Gasteiger partial charge is 0.303 e. The lowest BCUT2D eigenvalue weighted by atomic mass is 9.88. The van der Waals surface area contributed by atoms with Crippen LogP contribution in [0.4, 0.5) is 4.39 Å². The highest BCUT2D eigenvalue weighted by molar-refractivity contribution is 7.91. The van der Waals surface area contributed by atoms with E-state index in [-0.39, 0.29) is 51.1 Å². The van der Waals surface area contributed by atoms with E-state index in [0.29, 0.717) is 11.5 Å². The first-order valence-electron chi connectivity index (χ1n) is 13.5. The number of aliphatic carboxylic acids is 1. The summed E-state index contributed by atoms with van der Waals surface area (Å²) in [7, 11) is -2.62. The summed E-state index contributed by atoms with van der Waals surface area (Å²) in [6.45, 7) is 4.27. The van der Waals surface area contributed by atoms with Crippen LogP contribution in [0.2, 0.25) is 4.34 Å². The van der Waals surface area contributed by atoms with Crippen LogP contribution in [0.5, 0.6) is 0 Å². The number of thiophene rings is 1. The fourth-order valence-electron chi connectivity index (χ4n) is 5.44. The van der Waals surface area contributed by atoms with Crippen LogP contribution in [0.15, 0.2) is 52.7 Å². The normalized spacial score (nSPS) is 14.9. The molecule has 1 aliphatic rings. The highest BCUT2D eigenvalue weighted by Gasteiger charge is 2.30. The van der Waals surface area contributed by atoms with Crippen LogP contribution in [0.1, 0.15) is 43.4 Å². The molecule has 1 aliphatic carbocycles. The Balaban J connectivity index is 1.37. The van der Waals surface area contributed by atoms with Crippen molar-refractivity contribution in [3.05, 3.63) is 75.4 Å². The van der Waals surface area contributed by atoms with Gasteiger partial charge in [0.2, 0.25) is 0 Å². The Morgan fingerprint density at radius 2 is 1.83 bits per heavy atom. The van der Waals surface area contributed by atoms with E-state index in [1.807, 2.05) is 0 Å². The van der Waals surface area contributed by atoms with Gasteiger partial charge >= 0.3 is 5.97 Å². The molecule has 222 valence electrons. The zero-order chi connectivity index (χ0) is 29.9. The molecule has 0 bridgehead atoms. The number of benzene rings is 2. The van der Waals surface area contributed by atoms with E-state index in [1.54, 1.807) is 0 Å². The molecule has 4 rings (SSSR count). The standard InChI is InChI=1S/C30H36ClFN2O5S2/c1-30(2,16-20-12-21-6-4-5-7-22(21)13-20)33-17-23(35)18-34(3)41(38,39)28-15-25(29(31)40-28)24-14-19(8-10-26(24)32)9-11-27(36)37/h4-8,10,14-15,20,23,33,35H,9,11-13,16-18H2,1-3H3,(H,36,37). The number of carbonyl (C=O) groups is 1. The number of carboxylic acid groups (broad SMARTS) is 1. The van der Waals surface area contributed by atoms with Crippen LogP contribution in [0.3, 0.4) is 0 Å². The monoisotopic (exact) mass is 622 g/mol. The summed E-state index contributed by atoms with van der Waals surface area (Å²) in [4.78, 5) is 10.9. The number of β-amino-alcohol motifs (C(OH)–C–C–N with tert-alkyl or cyclic N) is 1. The van der Waals surface area contributed by atoms with Gasteiger partial charge in [0.05, 0.1) is 6.10 Å². The molecule has 0 spiro atoms. The SMILES string of the molecule is CN(CC(O)CNC(C)(C)CC1Cc2ccccc2C1)S(=O)(=O)c1cc(-c2cc(CCC(=O)O)ccc2F)c(Cl)s1. The van der Waals surface area contributed by atoms with Gasteiger partial charge in [-0.2, -0.15) is 4.31 Å². The minimum atomic E-state index is -4.01. The van der Waals surface area contributed by atoms with Gasteiger partial charge in [-0.05, 0) is 80.3 Å². The minimum absolute atomic E-state index is 0.0726. The second kappa shape index (κ2) is 12.9. The summed E-state index contributed by atoms with van der Waals surface area (Å²) in [6.07, 6.45) is 2.13. The molecule has 7 nitrogen and oxygen atoms in total. The van der Waals surface area contributed by atoms with Gasteiger partial charge in [-0.1, -0.05) is 41.9 Å². The van der Waals surface area contributed by atoms with Gasteiger partial charge in [0.25, 0.3) is 10.0 Å². The molecule has 3 N–H and O–H groups in total. The lowest BCUT2D eigenvalue weighted by Gasteiger charge is -2.31. The summed E-state index contributed by atoms with van der Waals surface area (Å²) >= 11 is 7.17. The summed E-state index contributed by atoms with van der Waals surface area (Å²) in [6, 6.07) is 14.0. The lowest BCUT2D eigenvalue weighted by Crippen LogP contribution is -2.47. The van der Waals surface area contributed by atoms with E-state index in [0.717, 1.165) is 34.9 Å². The van der Waals surface area contributed by atoms with Crippen molar-refractivity contribution in [3.8, 4) is 11.1 Å². The van der Waals surface area contributed by atoms with E-state index in [9.17, 15) is 22.7 Å². The average Bonchev–Trinajstić information content (AvgIpc) is 3.49. The first-order chi connectivity index (χ1) is 19.2. The van der Waals surface area contributed by atoms with Crippen LogP contribution in [-0.4, -0.2) is 60.7 Å². The Kier molecular flexibility index (Phi) is 9.93. The number of halogens is 2. The zero-order valence-electron chi connectivity index (χ0n) is 23.4. The third-order valence-electron chi connectivity index (χ3n) is 7.50. The Bertz CT molecular complexity index is 1480. The van der Waals surface area contributed by atoms with Gasteiger partial charge in [-0.25, -0.2) is 12.8 Å². The van der Waals surface area contributed by atoms with Gasteiger partial charge < -0.3 is 15.5 Å². The van der Waals surface area contributed by atoms with Crippen LogP contribution >= 0.6 is 22.9 Å². The molecular formula is C30H36ClFN2O5S2. The lowest BCUT2D eigenvalue weighted by molar-refractivity contribution is -0.136. The van der Waals surface area contributed by atoms with Crippen LogP contribution in [0, 0.1) is 11.7 Å². The molecule has 11 heteroatoms. The number of aryl methyl sites for hydroxylation is 1. The molecule has 0 saturated heterocycles. The van der Waals surface area contributed by atoms with Gasteiger partial charge in [-0.15, -0.1) is 11.3 Å². The van der Waals surface area contributed by atoms with Crippen molar-refractivity contribution in [2.75, 3.05) is 20.1 Å². The fraction of sp³-hybridized carbons (Fsp3) is 0.433. The van der Waals surface area contributed by atoms with Crippen molar-refractivity contribution >= 4 is 38.9 Å². The molecule has 0 fully saturated rings. The Labute approximate surface area is 250 Å². The zero-order valence-corrected chi connectivity index (χ0v) is 25.8. The molecule has 2 aromatic carbocycles.